The summed E-state index contributed by atoms with van der Waals surface area (Å²) in [6.45, 7) is 0. The van der Waals surface area contributed by atoms with Gasteiger partial charge in [-0.05, 0) is 138 Å². The molecule has 364 valence electrons. The summed E-state index contributed by atoms with van der Waals surface area (Å²) in [5, 5.41) is 7.16. The molecule has 4 nitrogen and oxygen atoms in total. The molecule has 0 atom stereocenters. The Hall–Kier alpha value is -9.32. The van der Waals surface area contributed by atoms with Crippen LogP contribution in [0.3, 0.4) is 0 Å². The third kappa shape index (κ3) is 5.13. The van der Waals surface area contributed by atoms with Gasteiger partial charge in [-0.2, -0.15) is 0 Å². The first-order valence-electron chi connectivity index (χ1n) is 26.5. The highest BCUT2D eigenvalue weighted by atomic mass is 35.5. The maximum Gasteiger partial charge on any atom is 0.160 e. The zero-order valence-electron chi connectivity index (χ0n) is 41.6. The minimum absolute atomic E-state index is 0.585. The van der Waals surface area contributed by atoms with Gasteiger partial charge in [0.2, 0.25) is 0 Å². The molecule has 0 bridgehead atoms. The van der Waals surface area contributed by atoms with Gasteiger partial charge in [-0.25, -0.2) is 0 Å². The van der Waals surface area contributed by atoms with Gasteiger partial charge >= 0.3 is 0 Å². The van der Waals surface area contributed by atoms with Gasteiger partial charge in [-0.15, -0.1) is 0 Å². The summed E-state index contributed by atoms with van der Waals surface area (Å²) in [7, 11) is 0. The quantitative estimate of drug-likeness (QED) is 0.173. The van der Waals surface area contributed by atoms with Crippen molar-refractivity contribution < 1.29 is 8.83 Å². The minimum atomic E-state index is -0.585. The average Bonchev–Trinajstić information content (AvgIpc) is 3.63. The molecule has 4 heterocycles. The molecule has 0 saturated carbocycles. The summed E-state index contributed by atoms with van der Waals surface area (Å²) >= 11 is 13.8. The van der Waals surface area contributed by atoms with Crippen LogP contribution < -0.4 is 9.80 Å². The largest absolute Gasteiger partial charge is 0.454 e. The Bertz CT molecular complexity index is 4500. The van der Waals surface area contributed by atoms with E-state index in [1.165, 1.54) is 66.8 Å². The van der Waals surface area contributed by atoms with E-state index in [2.05, 4.69) is 228 Å². The molecule has 0 N–H and O–H groups in total. The van der Waals surface area contributed by atoms with Gasteiger partial charge in [0.05, 0.1) is 45.0 Å². The van der Waals surface area contributed by atoms with E-state index in [4.69, 9.17) is 32.0 Å². The van der Waals surface area contributed by atoms with E-state index in [1.54, 1.807) is 0 Å². The number of halogens is 2. The zero-order valence-corrected chi connectivity index (χ0v) is 43.1. The van der Waals surface area contributed by atoms with Crippen LogP contribution in [0.5, 0.6) is 0 Å². The fourth-order valence-corrected chi connectivity index (χ4v) is 15.3. The first-order valence-corrected chi connectivity index (χ1v) is 27.3. The standard InChI is InChI=1S/C72H40Cl2N2O2/c73-41-33-35-47-65(37-41)77-69-63(75-59-29-13-9-25-55(59)71(56-26-10-14-30-60(56)75)51-21-5-1-17-43(51)44-18-2-6-22-52(44)71)39-49-50(67(47)69)40-64(70-68(49)48-36-34-42(74)38-66(48)78-70)76-61-31-15-11-27-57(61)72(58-28-12-16-32-62(58)76)53-23-7-3-19-45(53)46-20-4-8-24-54(46)72/h1-40H. The second-order valence-corrected chi connectivity index (χ2v) is 22.1. The molecule has 18 rings (SSSR count). The molecule has 78 heavy (non-hydrogen) atoms. The molecule has 0 fully saturated rings. The smallest absolute Gasteiger partial charge is 0.160 e. The van der Waals surface area contributed by atoms with Gasteiger partial charge < -0.3 is 18.6 Å². The number of furan rings is 2. The fraction of sp³-hybridized carbons (Fsp3) is 0.0278. The molecule has 2 spiro atoms. The Kier molecular flexibility index (Phi) is 8.35. The highest BCUT2D eigenvalue weighted by molar-refractivity contribution is 6.35. The van der Waals surface area contributed by atoms with E-state index in [9.17, 15) is 0 Å². The maximum absolute atomic E-state index is 7.33. The number of rotatable bonds is 2. The summed E-state index contributed by atoms with van der Waals surface area (Å²) in [6.07, 6.45) is 0. The van der Waals surface area contributed by atoms with Crippen LogP contribution in [0, 0.1) is 0 Å². The van der Waals surface area contributed by atoms with Crippen LogP contribution in [0.1, 0.15) is 44.5 Å². The molecule has 0 radical (unpaired) electrons. The number of nitrogens with zero attached hydrogens (tertiary/aromatic N) is 2. The summed E-state index contributed by atoms with van der Waals surface area (Å²) < 4.78 is 14.7. The van der Waals surface area contributed by atoms with Crippen molar-refractivity contribution in [2.24, 2.45) is 0 Å². The third-order valence-electron chi connectivity index (χ3n) is 17.7. The lowest BCUT2D eigenvalue weighted by molar-refractivity contribution is 0.667. The molecule has 2 aliphatic heterocycles. The van der Waals surface area contributed by atoms with Crippen LogP contribution in [0.2, 0.25) is 10.0 Å². The van der Waals surface area contributed by atoms with Crippen molar-refractivity contribution in [2.45, 2.75) is 10.8 Å². The van der Waals surface area contributed by atoms with Crippen LogP contribution in [0.4, 0.5) is 34.1 Å². The van der Waals surface area contributed by atoms with Crippen molar-refractivity contribution in [1.82, 2.24) is 0 Å². The van der Waals surface area contributed by atoms with E-state index in [0.717, 1.165) is 77.6 Å². The van der Waals surface area contributed by atoms with Crippen LogP contribution in [-0.4, -0.2) is 0 Å². The highest BCUT2D eigenvalue weighted by Crippen LogP contribution is 2.67. The third-order valence-corrected chi connectivity index (χ3v) is 18.2. The van der Waals surface area contributed by atoms with Crippen LogP contribution in [0.15, 0.2) is 251 Å². The number of hydrogen-bond acceptors (Lipinski definition) is 4. The van der Waals surface area contributed by atoms with Crippen molar-refractivity contribution in [3.05, 3.63) is 297 Å². The molecule has 2 aromatic heterocycles. The van der Waals surface area contributed by atoms with Gasteiger partial charge in [0.1, 0.15) is 11.2 Å². The molecule has 6 heteroatoms. The normalized spacial score (nSPS) is 14.7. The van der Waals surface area contributed by atoms with Crippen molar-refractivity contribution >= 4 is 112 Å². The van der Waals surface area contributed by atoms with Crippen LogP contribution in [-0.2, 0) is 10.8 Å². The maximum atomic E-state index is 7.33. The van der Waals surface area contributed by atoms with Crippen LogP contribution >= 0.6 is 23.2 Å². The monoisotopic (exact) mass is 1030 g/mol. The first-order chi connectivity index (χ1) is 38.5. The predicted octanol–water partition coefficient (Wildman–Crippen LogP) is 20.2. The second kappa shape index (κ2) is 15.2. The molecule has 4 aliphatic rings. The lowest BCUT2D eigenvalue weighted by Gasteiger charge is -2.45. The van der Waals surface area contributed by atoms with Gasteiger partial charge in [0.25, 0.3) is 0 Å². The molecule has 12 aromatic carbocycles. The van der Waals surface area contributed by atoms with Crippen molar-refractivity contribution in [2.75, 3.05) is 9.80 Å². The SMILES string of the molecule is Clc1ccc2c(c1)oc1c(N3c4ccccc4C4(c5ccccc5-c5ccccc54)c4ccccc43)cc3c(cc(N4c5ccccc5C5(c6ccccc6-c6ccccc65)c5ccccc54)c4oc5cc(Cl)ccc5c43)c12. The Morgan fingerprint density at radius 1 is 0.269 bits per heavy atom. The zero-order chi connectivity index (χ0) is 51.2. The average molecular weight is 1040 g/mol. The Morgan fingerprint density at radius 2 is 0.551 bits per heavy atom. The number of hydrogen-bond donors (Lipinski definition) is 0. The summed E-state index contributed by atoms with van der Waals surface area (Å²) in [5.41, 5.74) is 22.8. The van der Waals surface area contributed by atoms with E-state index in [-0.39, 0.29) is 0 Å². The second-order valence-electron chi connectivity index (χ2n) is 21.2. The topological polar surface area (TPSA) is 32.8 Å². The number of anilines is 6. The predicted molar refractivity (Wildman–Crippen MR) is 320 cm³/mol. The van der Waals surface area contributed by atoms with E-state index in [1.807, 2.05) is 24.3 Å². The molecule has 2 aliphatic carbocycles. The summed E-state index contributed by atoms with van der Waals surface area (Å²) in [6, 6.07) is 88.4. The van der Waals surface area contributed by atoms with Gasteiger partial charge in [-0.3, -0.25) is 0 Å². The van der Waals surface area contributed by atoms with E-state index >= 15 is 0 Å². The van der Waals surface area contributed by atoms with Gasteiger partial charge in [-0.1, -0.05) is 193 Å². The molecular weight excluding hydrogens is 996 g/mol. The Labute approximate surface area is 458 Å². The van der Waals surface area contributed by atoms with Crippen molar-refractivity contribution in [3.8, 4) is 22.3 Å². The number of benzene rings is 12. The van der Waals surface area contributed by atoms with E-state index < -0.39 is 10.8 Å². The molecule has 14 aromatic rings. The first kappa shape index (κ1) is 42.9. The molecular formula is C72H40Cl2N2O2. The molecule has 0 amide bonds. The highest BCUT2D eigenvalue weighted by Gasteiger charge is 2.53. The van der Waals surface area contributed by atoms with Gasteiger partial charge in [0.15, 0.2) is 11.2 Å². The van der Waals surface area contributed by atoms with Gasteiger partial charge in [0, 0.05) is 43.7 Å². The fourth-order valence-electron chi connectivity index (χ4n) is 15.0. The lowest BCUT2D eigenvalue weighted by Crippen LogP contribution is -2.36. The molecule has 0 unspecified atom stereocenters. The Morgan fingerprint density at radius 3 is 0.872 bits per heavy atom. The van der Waals surface area contributed by atoms with Crippen molar-refractivity contribution in [3.63, 3.8) is 0 Å². The number of para-hydroxylation sites is 4. The van der Waals surface area contributed by atoms with Crippen molar-refractivity contribution in [1.29, 1.82) is 0 Å². The summed E-state index contributed by atoms with van der Waals surface area (Å²) in [4.78, 5) is 4.88. The summed E-state index contributed by atoms with van der Waals surface area (Å²) in [5.74, 6) is 0. The van der Waals surface area contributed by atoms with Crippen LogP contribution in [0.25, 0.3) is 76.9 Å². The molecule has 0 saturated heterocycles. The Balaban J connectivity index is 0.971. The lowest BCUT2D eigenvalue weighted by atomic mass is 9.64. The van der Waals surface area contributed by atoms with E-state index in [0.29, 0.717) is 21.2 Å². The minimum Gasteiger partial charge on any atom is -0.454 e. The number of fused-ring (bicyclic) bond motifs is 27.